The second-order valence-electron chi connectivity index (χ2n) is 5.24. The van der Waals surface area contributed by atoms with Gasteiger partial charge in [-0.15, -0.1) is 0 Å². The maximum absolute atomic E-state index is 11.1. The van der Waals surface area contributed by atoms with E-state index in [1.807, 2.05) is 25.1 Å². The highest BCUT2D eigenvalue weighted by atomic mass is 16.4. The van der Waals surface area contributed by atoms with Gasteiger partial charge in [0.05, 0.1) is 22.1 Å². The van der Waals surface area contributed by atoms with Gasteiger partial charge >= 0.3 is 5.97 Å². The lowest BCUT2D eigenvalue weighted by atomic mass is 10.1. The Kier molecular flexibility index (Phi) is 2.53. The summed E-state index contributed by atoms with van der Waals surface area (Å²) in [4.78, 5) is 18.9. The number of aromatic nitrogens is 4. The van der Waals surface area contributed by atoms with Crippen LogP contribution >= 0.6 is 0 Å². The molecule has 2 aromatic heterocycles. The van der Waals surface area contributed by atoms with Crippen LogP contribution in [0.2, 0.25) is 0 Å². The lowest BCUT2D eigenvalue weighted by molar-refractivity contribution is 0.0697. The predicted molar refractivity (Wildman–Crippen MR) is 82.9 cm³/mol. The lowest BCUT2D eigenvalue weighted by Crippen LogP contribution is -1.95. The van der Waals surface area contributed by atoms with Gasteiger partial charge in [-0.05, 0) is 42.8 Å². The van der Waals surface area contributed by atoms with Gasteiger partial charge in [-0.2, -0.15) is 5.10 Å². The first-order valence-electron chi connectivity index (χ1n) is 6.80. The van der Waals surface area contributed by atoms with Crippen LogP contribution in [0.4, 0.5) is 0 Å². The first-order valence-corrected chi connectivity index (χ1v) is 6.80. The van der Waals surface area contributed by atoms with Crippen LogP contribution in [-0.4, -0.2) is 31.2 Å². The van der Waals surface area contributed by atoms with Crippen molar-refractivity contribution < 1.29 is 9.90 Å². The first-order chi connectivity index (χ1) is 10.6. The van der Waals surface area contributed by atoms with E-state index in [-0.39, 0.29) is 5.56 Å². The van der Waals surface area contributed by atoms with Gasteiger partial charge in [-0.25, -0.2) is 9.78 Å². The van der Waals surface area contributed by atoms with Crippen molar-refractivity contribution in [1.82, 2.24) is 20.2 Å². The maximum Gasteiger partial charge on any atom is 0.335 e. The number of hydrogen-bond acceptors (Lipinski definition) is 3. The Labute approximate surface area is 124 Å². The number of imidazole rings is 1. The molecule has 22 heavy (non-hydrogen) atoms. The van der Waals surface area contributed by atoms with E-state index in [1.165, 1.54) is 0 Å². The minimum Gasteiger partial charge on any atom is -0.478 e. The van der Waals surface area contributed by atoms with Crippen molar-refractivity contribution in [2.75, 3.05) is 0 Å². The smallest absolute Gasteiger partial charge is 0.335 e. The Balaban J connectivity index is 1.95. The molecule has 3 N–H and O–H groups in total. The maximum atomic E-state index is 11.1. The molecule has 0 saturated carbocycles. The average Bonchev–Trinajstić information content (AvgIpc) is 3.08. The Morgan fingerprint density at radius 2 is 2.00 bits per heavy atom. The van der Waals surface area contributed by atoms with Crippen molar-refractivity contribution >= 4 is 27.9 Å². The number of nitrogens with one attached hydrogen (secondary N) is 2. The molecule has 0 spiro atoms. The van der Waals surface area contributed by atoms with Crippen LogP contribution in [0.1, 0.15) is 15.9 Å². The first kappa shape index (κ1) is 12.6. The molecule has 2 heterocycles. The third-order valence-electron chi connectivity index (χ3n) is 3.67. The molecule has 4 rings (SSSR count). The number of carboxylic acids is 1. The summed E-state index contributed by atoms with van der Waals surface area (Å²) < 4.78 is 0. The average molecular weight is 292 g/mol. The van der Waals surface area contributed by atoms with E-state index >= 15 is 0 Å². The van der Waals surface area contributed by atoms with E-state index in [9.17, 15) is 4.79 Å². The van der Waals surface area contributed by atoms with Crippen molar-refractivity contribution in [3.8, 4) is 11.5 Å². The highest BCUT2D eigenvalue weighted by Crippen LogP contribution is 2.27. The molecular formula is C16H12N4O2. The molecule has 108 valence electrons. The van der Waals surface area contributed by atoms with Gasteiger partial charge in [0, 0.05) is 5.39 Å². The largest absolute Gasteiger partial charge is 0.478 e. The second-order valence-corrected chi connectivity index (χ2v) is 5.24. The van der Waals surface area contributed by atoms with E-state index in [4.69, 9.17) is 5.11 Å². The number of hydrogen-bond donors (Lipinski definition) is 3. The minimum atomic E-state index is -0.964. The Morgan fingerprint density at radius 3 is 2.82 bits per heavy atom. The number of carboxylic acid groups (broad SMARTS) is 1. The van der Waals surface area contributed by atoms with Crippen LogP contribution in [0.25, 0.3) is 33.5 Å². The summed E-state index contributed by atoms with van der Waals surface area (Å²) in [5.41, 5.74) is 4.54. The van der Waals surface area contributed by atoms with Crippen molar-refractivity contribution in [2.45, 2.75) is 6.92 Å². The fourth-order valence-electron chi connectivity index (χ4n) is 2.56. The van der Waals surface area contributed by atoms with Gasteiger partial charge < -0.3 is 10.1 Å². The van der Waals surface area contributed by atoms with E-state index in [1.54, 1.807) is 18.2 Å². The third-order valence-corrected chi connectivity index (χ3v) is 3.67. The van der Waals surface area contributed by atoms with Crippen molar-refractivity contribution in [3.05, 3.63) is 47.5 Å². The van der Waals surface area contributed by atoms with Gasteiger partial charge in [-0.3, -0.25) is 5.10 Å². The minimum absolute atomic E-state index is 0.224. The number of nitrogens with zero attached hydrogens (tertiary/aromatic N) is 2. The summed E-state index contributed by atoms with van der Waals surface area (Å²) in [6, 6.07) is 10.8. The quantitative estimate of drug-likeness (QED) is 0.529. The van der Waals surface area contributed by atoms with Gasteiger partial charge in [0.15, 0.2) is 5.82 Å². The summed E-state index contributed by atoms with van der Waals surface area (Å²) in [6.07, 6.45) is 0. The predicted octanol–water partition coefficient (Wildman–Crippen LogP) is 3.11. The topological polar surface area (TPSA) is 94.7 Å². The van der Waals surface area contributed by atoms with Gasteiger partial charge in [0.25, 0.3) is 0 Å². The number of fused-ring (bicyclic) bond motifs is 2. The molecule has 0 fully saturated rings. The van der Waals surface area contributed by atoms with Crippen LogP contribution in [-0.2, 0) is 0 Å². The number of carbonyl (C=O) groups is 1. The zero-order chi connectivity index (χ0) is 15.3. The van der Waals surface area contributed by atoms with Crippen molar-refractivity contribution in [3.63, 3.8) is 0 Å². The lowest BCUT2D eigenvalue weighted by Gasteiger charge is -1.96. The van der Waals surface area contributed by atoms with E-state index in [2.05, 4.69) is 20.2 Å². The van der Waals surface area contributed by atoms with E-state index in [0.717, 1.165) is 27.5 Å². The molecule has 0 radical (unpaired) electrons. The van der Waals surface area contributed by atoms with Gasteiger partial charge in [0.1, 0.15) is 5.69 Å². The molecule has 0 aliphatic rings. The Morgan fingerprint density at radius 1 is 1.14 bits per heavy atom. The molecule has 0 amide bonds. The Hall–Kier alpha value is -3.15. The molecule has 6 heteroatoms. The van der Waals surface area contributed by atoms with Gasteiger partial charge in [0.2, 0.25) is 0 Å². The summed E-state index contributed by atoms with van der Waals surface area (Å²) in [6.45, 7) is 2.02. The van der Waals surface area contributed by atoms with Crippen LogP contribution < -0.4 is 0 Å². The summed E-state index contributed by atoms with van der Waals surface area (Å²) in [5, 5.41) is 17.0. The molecule has 2 aromatic carbocycles. The normalized spacial score (nSPS) is 11.3. The van der Waals surface area contributed by atoms with Crippen LogP contribution in [0.5, 0.6) is 0 Å². The summed E-state index contributed by atoms with van der Waals surface area (Å²) in [7, 11) is 0. The summed E-state index contributed by atoms with van der Waals surface area (Å²) in [5.74, 6) is -0.344. The van der Waals surface area contributed by atoms with Crippen molar-refractivity contribution in [2.24, 2.45) is 0 Å². The standard InChI is InChI=1S/C16H12N4O2/c1-8-2-4-12-13(6-8)18-15(17-12)14-10-7-9(16(21)22)3-5-11(10)19-20-14/h2-7H,1H3,(H,17,18)(H,19,20)(H,21,22). The Bertz CT molecular complexity index is 1030. The van der Waals surface area contributed by atoms with Crippen LogP contribution in [0.15, 0.2) is 36.4 Å². The van der Waals surface area contributed by atoms with Gasteiger partial charge in [-0.1, -0.05) is 6.07 Å². The monoisotopic (exact) mass is 292 g/mol. The zero-order valence-electron chi connectivity index (χ0n) is 11.7. The molecule has 4 aromatic rings. The number of aromatic amines is 2. The molecular weight excluding hydrogens is 280 g/mol. The number of benzene rings is 2. The highest BCUT2D eigenvalue weighted by molar-refractivity contribution is 5.98. The fourth-order valence-corrected chi connectivity index (χ4v) is 2.56. The van der Waals surface area contributed by atoms with Crippen LogP contribution in [0, 0.1) is 6.92 Å². The molecule has 0 bridgehead atoms. The third kappa shape index (κ3) is 1.85. The van der Waals surface area contributed by atoms with Crippen LogP contribution in [0.3, 0.4) is 0 Å². The molecule has 0 unspecified atom stereocenters. The second kappa shape index (κ2) is 4.42. The zero-order valence-corrected chi connectivity index (χ0v) is 11.7. The SMILES string of the molecule is Cc1ccc2nc(-c3n[nH]c4ccc(C(=O)O)cc34)[nH]c2c1. The number of aromatic carboxylic acids is 1. The molecule has 0 saturated heterocycles. The molecule has 0 atom stereocenters. The number of H-pyrrole nitrogens is 2. The molecule has 0 aliphatic carbocycles. The highest BCUT2D eigenvalue weighted by Gasteiger charge is 2.14. The summed E-state index contributed by atoms with van der Waals surface area (Å²) >= 11 is 0. The fraction of sp³-hybridized carbons (Fsp3) is 0.0625. The van der Waals surface area contributed by atoms with E-state index in [0.29, 0.717) is 11.5 Å². The van der Waals surface area contributed by atoms with E-state index < -0.39 is 5.97 Å². The molecule has 0 aliphatic heterocycles. The number of aryl methyl sites for hydroxylation is 1. The number of rotatable bonds is 2. The molecule has 6 nitrogen and oxygen atoms in total. The van der Waals surface area contributed by atoms with Crippen molar-refractivity contribution in [1.29, 1.82) is 0 Å².